The average Bonchev–Trinajstić information content (AvgIpc) is 3.80. The first-order valence-electron chi connectivity index (χ1n) is 18.6. The summed E-state index contributed by atoms with van der Waals surface area (Å²) in [7, 11) is 0. The molecule has 3 aliphatic rings. The fourth-order valence-corrected chi connectivity index (χ4v) is 9.85. The summed E-state index contributed by atoms with van der Waals surface area (Å²) in [6.45, 7) is 0. The highest BCUT2D eigenvalue weighted by atomic mass is 14.5. The molecule has 0 heteroatoms. The molecule has 0 N–H and O–H groups in total. The fourth-order valence-electron chi connectivity index (χ4n) is 9.85. The number of rotatable bonds is 5. The zero-order chi connectivity index (χ0) is 34.2. The second kappa shape index (κ2) is 11.4. The molecule has 3 aliphatic carbocycles. The van der Waals surface area contributed by atoms with Crippen molar-refractivity contribution in [3.63, 3.8) is 0 Å². The Kier molecular flexibility index (Phi) is 6.46. The van der Waals surface area contributed by atoms with Crippen molar-refractivity contribution < 1.29 is 0 Å². The maximum absolute atomic E-state index is 2.50. The quantitative estimate of drug-likeness (QED) is 0.172. The van der Waals surface area contributed by atoms with Gasteiger partial charge in [-0.25, -0.2) is 0 Å². The van der Waals surface area contributed by atoms with Crippen LogP contribution in [-0.4, -0.2) is 0 Å². The van der Waals surface area contributed by atoms with Crippen LogP contribution in [0.3, 0.4) is 0 Å². The van der Waals surface area contributed by atoms with E-state index in [9.17, 15) is 0 Å². The molecule has 0 amide bonds. The molecule has 0 radical (unpaired) electrons. The predicted octanol–water partition coefficient (Wildman–Crippen LogP) is 12.6. The van der Waals surface area contributed by atoms with Crippen molar-refractivity contribution >= 4 is 0 Å². The van der Waals surface area contributed by atoms with Gasteiger partial charge in [0.2, 0.25) is 0 Å². The van der Waals surface area contributed by atoms with Crippen LogP contribution in [0.2, 0.25) is 0 Å². The summed E-state index contributed by atoms with van der Waals surface area (Å²) >= 11 is 0. The number of hydrogen-bond acceptors (Lipinski definition) is 0. The van der Waals surface area contributed by atoms with Gasteiger partial charge in [0, 0.05) is 5.92 Å². The summed E-state index contributed by atoms with van der Waals surface area (Å²) in [6, 6.07) is 70.7. The van der Waals surface area contributed by atoms with Crippen LogP contribution in [0.5, 0.6) is 0 Å². The van der Waals surface area contributed by atoms with Gasteiger partial charge in [-0.15, -0.1) is 0 Å². The Balaban J connectivity index is 0.884. The highest BCUT2D eigenvalue weighted by Crippen LogP contribution is 2.62. The maximum Gasteiger partial charge on any atom is 0.0725 e. The molecule has 0 saturated carbocycles. The number of hydrogen-bond donors (Lipinski definition) is 0. The van der Waals surface area contributed by atoms with Crippen LogP contribution >= 0.6 is 0 Å². The Morgan fingerprint density at radius 1 is 0.327 bits per heavy atom. The summed E-state index contributed by atoms with van der Waals surface area (Å²) in [6.07, 6.45) is 1.91. The molecule has 0 unspecified atom stereocenters. The van der Waals surface area contributed by atoms with Crippen LogP contribution in [0, 0.1) is 0 Å². The van der Waals surface area contributed by atoms with E-state index in [2.05, 4.69) is 188 Å². The molecule has 0 aromatic heterocycles. The van der Waals surface area contributed by atoms with E-state index in [0.717, 1.165) is 12.8 Å². The lowest BCUT2D eigenvalue weighted by molar-refractivity contribution is 0.792. The van der Waals surface area contributed by atoms with E-state index in [1.54, 1.807) is 0 Å². The van der Waals surface area contributed by atoms with Gasteiger partial charge in [0.05, 0.1) is 5.41 Å². The normalized spacial score (nSPS) is 14.0. The van der Waals surface area contributed by atoms with Gasteiger partial charge in [-0.3, -0.25) is 0 Å². The second-order valence-electron chi connectivity index (χ2n) is 14.8. The van der Waals surface area contributed by atoms with Crippen molar-refractivity contribution in [2.24, 2.45) is 0 Å². The summed E-state index contributed by atoms with van der Waals surface area (Å²) in [5, 5.41) is 0. The number of benzene rings is 8. The molecule has 0 fully saturated rings. The molecular weight excluding hydrogens is 625 g/mol. The van der Waals surface area contributed by atoms with Crippen molar-refractivity contribution in [2.75, 3.05) is 0 Å². The molecule has 0 heterocycles. The monoisotopic (exact) mass is 660 g/mol. The molecule has 8 aromatic rings. The Hall–Kier alpha value is -6.24. The van der Waals surface area contributed by atoms with Crippen LogP contribution in [-0.2, 0) is 18.3 Å². The molecule has 52 heavy (non-hydrogen) atoms. The van der Waals surface area contributed by atoms with Crippen molar-refractivity contribution in [1.82, 2.24) is 0 Å². The minimum Gasteiger partial charge on any atom is -0.0619 e. The molecule has 1 spiro atoms. The van der Waals surface area contributed by atoms with Gasteiger partial charge in [-0.05, 0) is 107 Å². The van der Waals surface area contributed by atoms with Crippen LogP contribution < -0.4 is 0 Å². The third-order valence-electron chi connectivity index (χ3n) is 12.1. The van der Waals surface area contributed by atoms with Gasteiger partial charge in [-0.1, -0.05) is 188 Å². The summed E-state index contributed by atoms with van der Waals surface area (Å²) in [5.41, 5.74) is 23.0. The minimum atomic E-state index is -0.296. The van der Waals surface area contributed by atoms with Gasteiger partial charge >= 0.3 is 0 Å². The van der Waals surface area contributed by atoms with E-state index in [1.165, 1.54) is 94.6 Å². The van der Waals surface area contributed by atoms with Gasteiger partial charge in [-0.2, -0.15) is 0 Å². The van der Waals surface area contributed by atoms with Gasteiger partial charge in [0.1, 0.15) is 0 Å². The van der Waals surface area contributed by atoms with Crippen LogP contribution in [0.1, 0.15) is 56.0 Å². The lowest BCUT2D eigenvalue weighted by Crippen LogP contribution is -2.26. The fraction of sp³-hybridized carbons (Fsp3) is 0.0769. The molecule has 0 aliphatic heterocycles. The summed E-state index contributed by atoms with van der Waals surface area (Å²) in [4.78, 5) is 0. The average molecular weight is 661 g/mol. The van der Waals surface area contributed by atoms with Gasteiger partial charge in [0.15, 0.2) is 0 Å². The molecule has 11 rings (SSSR count). The number of fused-ring (bicyclic) bond motifs is 13. The first-order valence-corrected chi connectivity index (χ1v) is 18.6. The van der Waals surface area contributed by atoms with Crippen LogP contribution in [0.15, 0.2) is 188 Å². The second-order valence-corrected chi connectivity index (χ2v) is 14.8. The van der Waals surface area contributed by atoms with E-state index in [1.807, 2.05) is 0 Å². The van der Waals surface area contributed by atoms with Crippen LogP contribution in [0.4, 0.5) is 0 Å². The lowest BCUT2D eigenvalue weighted by atomic mass is 9.70. The largest absolute Gasteiger partial charge is 0.0725 e. The van der Waals surface area contributed by atoms with Crippen molar-refractivity contribution in [1.29, 1.82) is 0 Å². The van der Waals surface area contributed by atoms with E-state index in [-0.39, 0.29) is 5.41 Å². The summed E-state index contributed by atoms with van der Waals surface area (Å²) < 4.78 is 0. The van der Waals surface area contributed by atoms with Crippen molar-refractivity contribution in [3.8, 4) is 44.5 Å². The maximum atomic E-state index is 2.50. The topological polar surface area (TPSA) is 0 Å². The van der Waals surface area contributed by atoms with E-state index in [0.29, 0.717) is 5.92 Å². The molecule has 244 valence electrons. The summed E-state index contributed by atoms with van der Waals surface area (Å²) in [5.74, 6) is 0.402. The minimum absolute atomic E-state index is 0.296. The third-order valence-corrected chi connectivity index (χ3v) is 12.1. The highest BCUT2D eigenvalue weighted by molar-refractivity contribution is 5.95. The third kappa shape index (κ3) is 4.22. The Bertz CT molecular complexity index is 2560. The zero-order valence-corrected chi connectivity index (χ0v) is 28.9. The molecule has 0 nitrogen and oxygen atoms in total. The zero-order valence-electron chi connectivity index (χ0n) is 28.9. The molecule has 8 aromatic carbocycles. The van der Waals surface area contributed by atoms with Gasteiger partial charge in [0.25, 0.3) is 0 Å². The van der Waals surface area contributed by atoms with Gasteiger partial charge < -0.3 is 0 Å². The van der Waals surface area contributed by atoms with E-state index >= 15 is 0 Å². The predicted molar refractivity (Wildman–Crippen MR) is 215 cm³/mol. The van der Waals surface area contributed by atoms with Crippen molar-refractivity contribution in [3.05, 3.63) is 238 Å². The highest BCUT2D eigenvalue weighted by Gasteiger charge is 2.51. The van der Waals surface area contributed by atoms with E-state index in [4.69, 9.17) is 0 Å². The van der Waals surface area contributed by atoms with Crippen LogP contribution in [0.25, 0.3) is 44.5 Å². The molecular formula is C52H36. The first kappa shape index (κ1) is 29.5. The van der Waals surface area contributed by atoms with Crippen molar-refractivity contribution in [2.45, 2.75) is 24.2 Å². The molecule has 0 atom stereocenters. The standard InChI is InChI=1S/C52H36/c1-3-13-41-39(11-1)40-12-2-4-14-42(40)47(41)32-35-23-28-38(29-24-35)37-26-21-34(22-27-37)31-36-25-30-46-45-17-7-10-20-50(45)52(51(46)33-36)48-18-8-5-15-43(48)44-16-6-9-19-49(44)52/h1-30,33,47H,31-32H2. The Labute approximate surface area is 305 Å². The molecule has 0 bridgehead atoms. The SMILES string of the molecule is c1ccc2c(c1)-c1ccccc1C2Cc1ccc(-c2ccc(Cc3ccc4c(c3)C3(c5ccccc5-c5ccccc53)c3ccccc3-4)cc2)cc1. The Morgan fingerprint density at radius 2 is 0.731 bits per heavy atom. The Morgan fingerprint density at radius 3 is 1.25 bits per heavy atom. The van der Waals surface area contributed by atoms with E-state index < -0.39 is 0 Å². The lowest BCUT2D eigenvalue weighted by Gasteiger charge is -2.30. The smallest absolute Gasteiger partial charge is 0.0619 e. The first-order chi connectivity index (χ1) is 25.8. The molecule has 0 saturated heterocycles.